The molecule has 1 heterocycles. The Hall–Kier alpha value is -2.10. The number of rotatable bonds is 5. The highest BCUT2D eigenvalue weighted by Gasteiger charge is 2.14. The van der Waals surface area contributed by atoms with E-state index in [-0.39, 0.29) is 0 Å². The number of aryl methyl sites for hydroxylation is 1. The van der Waals surface area contributed by atoms with E-state index in [4.69, 9.17) is 4.74 Å². The smallest absolute Gasteiger partial charge is 0.228 e. The van der Waals surface area contributed by atoms with Gasteiger partial charge in [0.25, 0.3) is 0 Å². The summed E-state index contributed by atoms with van der Waals surface area (Å²) in [4.78, 5) is 10.8. The van der Waals surface area contributed by atoms with Crippen LogP contribution in [0.3, 0.4) is 0 Å². The van der Waals surface area contributed by atoms with Gasteiger partial charge in [0.1, 0.15) is 0 Å². The van der Waals surface area contributed by atoms with Crippen LogP contribution >= 0.6 is 0 Å². The number of aromatic nitrogens is 2. The van der Waals surface area contributed by atoms with Gasteiger partial charge in [-0.3, -0.25) is 0 Å². The normalized spacial score (nSPS) is 12.0. The molecule has 1 aromatic carbocycles. The van der Waals surface area contributed by atoms with Crippen molar-refractivity contribution in [1.29, 1.82) is 0 Å². The Labute approximate surface area is 120 Å². The molecule has 20 heavy (non-hydrogen) atoms. The van der Waals surface area contributed by atoms with Crippen molar-refractivity contribution in [3.8, 4) is 5.88 Å². The zero-order valence-electron chi connectivity index (χ0n) is 12.5. The largest absolute Gasteiger partial charge is 0.481 e. The van der Waals surface area contributed by atoms with E-state index in [1.807, 2.05) is 7.05 Å². The van der Waals surface area contributed by atoms with E-state index >= 15 is 0 Å². The zero-order chi connectivity index (χ0) is 14.5. The van der Waals surface area contributed by atoms with Crippen molar-refractivity contribution in [1.82, 2.24) is 9.97 Å². The molecule has 0 aliphatic heterocycles. The molecule has 0 amide bonds. The quantitative estimate of drug-likeness (QED) is 0.838. The molecule has 2 aromatic rings. The van der Waals surface area contributed by atoms with Gasteiger partial charge in [0.15, 0.2) is 0 Å². The maximum absolute atomic E-state index is 5.14. The number of ether oxygens (including phenoxy) is 1. The fourth-order valence-electron chi connectivity index (χ4n) is 2.11. The molecule has 0 N–H and O–H groups in total. The summed E-state index contributed by atoms with van der Waals surface area (Å²) in [7, 11) is 3.63. The van der Waals surface area contributed by atoms with Crippen LogP contribution in [0.4, 0.5) is 5.95 Å². The summed E-state index contributed by atoms with van der Waals surface area (Å²) in [5, 5.41) is 0. The van der Waals surface area contributed by atoms with Gasteiger partial charge in [0.2, 0.25) is 11.8 Å². The minimum Gasteiger partial charge on any atom is -0.481 e. The Morgan fingerprint density at radius 1 is 1.25 bits per heavy atom. The van der Waals surface area contributed by atoms with E-state index in [1.165, 1.54) is 11.1 Å². The van der Waals surface area contributed by atoms with Crippen LogP contribution < -0.4 is 9.64 Å². The molecule has 4 heteroatoms. The lowest BCUT2D eigenvalue weighted by molar-refractivity contribution is 0.396. The van der Waals surface area contributed by atoms with Gasteiger partial charge in [-0.2, -0.15) is 4.98 Å². The summed E-state index contributed by atoms with van der Waals surface area (Å²) in [5.74, 6) is 1.27. The fourth-order valence-corrected chi connectivity index (χ4v) is 2.11. The van der Waals surface area contributed by atoms with Crippen LogP contribution in [-0.2, 0) is 6.42 Å². The summed E-state index contributed by atoms with van der Waals surface area (Å²) in [6.45, 7) is 4.32. The predicted molar refractivity (Wildman–Crippen MR) is 81.3 cm³/mol. The molecule has 0 unspecified atom stereocenters. The first-order chi connectivity index (χ1) is 9.61. The molecule has 106 valence electrons. The molecule has 1 aromatic heterocycles. The molecule has 4 nitrogen and oxygen atoms in total. The van der Waals surface area contributed by atoms with Gasteiger partial charge in [-0.15, -0.1) is 0 Å². The monoisotopic (exact) mass is 271 g/mol. The van der Waals surface area contributed by atoms with Crippen molar-refractivity contribution in [2.75, 3.05) is 19.1 Å². The van der Waals surface area contributed by atoms with Crippen molar-refractivity contribution in [2.45, 2.75) is 26.3 Å². The predicted octanol–water partition coefficient (Wildman–Crippen LogP) is 2.86. The van der Waals surface area contributed by atoms with Crippen LogP contribution in [0.25, 0.3) is 0 Å². The average molecular weight is 271 g/mol. The number of likely N-dealkylation sites (N-methyl/N-ethyl adjacent to an activating group) is 1. The van der Waals surface area contributed by atoms with Gasteiger partial charge < -0.3 is 9.64 Å². The average Bonchev–Trinajstić information content (AvgIpc) is 2.48. The van der Waals surface area contributed by atoms with E-state index in [0.717, 1.165) is 6.42 Å². The molecule has 0 spiro atoms. The molecule has 0 aliphatic rings. The summed E-state index contributed by atoms with van der Waals surface area (Å²) < 4.78 is 5.14. The zero-order valence-corrected chi connectivity index (χ0v) is 12.5. The Bertz CT molecular complexity index is 571. The second-order valence-electron chi connectivity index (χ2n) is 4.99. The van der Waals surface area contributed by atoms with Crippen LogP contribution in [0.2, 0.25) is 0 Å². The molecule has 0 aliphatic carbocycles. The Morgan fingerprint density at radius 3 is 2.70 bits per heavy atom. The second kappa shape index (κ2) is 6.37. The van der Waals surface area contributed by atoms with E-state index in [2.05, 4.69) is 53.0 Å². The lowest BCUT2D eigenvalue weighted by Crippen LogP contribution is -2.32. The highest BCUT2D eigenvalue weighted by molar-refractivity contribution is 5.34. The van der Waals surface area contributed by atoms with Crippen LogP contribution in [-0.4, -0.2) is 30.2 Å². The van der Waals surface area contributed by atoms with Gasteiger partial charge in [-0.25, -0.2) is 4.98 Å². The van der Waals surface area contributed by atoms with Crippen LogP contribution in [0, 0.1) is 6.92 Å². The van der Waals surface area contributed by atoms with Crippen LogP contribution in [0.5, 0.6) is 5.88 Å². The summed E-state index contributed by atoms with van der Waals surface area (Å²) in [6.07, 6.45) is 2.68. The molecule has 2 rings (SSSR count). The van der Waals surface area contributed by atoms with Crippen molar-refractivity contribution < 1.29 is 4.74 Å². The number of nitrogens with zero attached hydrogens (tertiary/aromatic N) is 3. The SMILES string of the molecule is COc1ccnc(N(C)[C@@H](C)Cc2ccccc2C)n1. The summed E-state index contributed by atoms with van der Waals surface area (Å²) in [5.41, 5.74) is 2.68. The van der Waals surface area contributed by atoms with Crippen LogP contribution in [0.1, 0.15) is 18.1 Å². The third kappa shape index (κ3) is 3.26. The Morgan fingerprint density at radius 2 is 2.00 bits per heavy atom. The van der Waals surface area contributed by atoms with Gasteiger partial charge in [-0.1, -0.05) is 24.3 Å². The third-order valence-electron chi connectivity index (χ3n) is 3.58. The fraction of sp³-hybridized carbons (Fsp3) is 0.375. The third-order valence-corrected chi connectivity index (χ3v) is 3.58. The Kier molecular flexibility index (Phi) is 4.56. The highest BCUT2D eigenvalue weighted by atomic mass is 16.5. The Balaban J connectivity index is 2.12. The van der Waals surface area contributed by atoms with Crippen LogP contribution in [0.15, 0.2) is 36.5 Å². The molecule has 0 saturated heterocycles. The van der Waals surface area contributed by atoms with Crippen molar-refractivity contribution in [3.63, 3.8) is 0 Å². The molecule has 0 saturated carbocycles. The van der Waals surface area contributed by atoms with Gasteiger partial charge in [-0.05, 0) is 31.4 Å². The molecule has 0 radical (unpaired) electrons. The second-order valence-corrected chi connectivity index (χ2v) is 4.99. The number of hydrogen-bond acceptors (Lipinski definition) is 4. The van der Waals surface area contributed by atoms with Gasteiger partial charge in [0, 0.05) is 25.4 Å². The van der Waals surface area contributed by atoms with Gasteiger partial charge in [0.05, 0.1) is 7.11 Å². The van der Waals surface area contributed by atoms with Crippen molar-refractivity contribution >= 4 is 5.95 Å². The van der Waals surface area contributed by atoms with E-state index < -0.39 is 0 Å². The van der Waals surface area contributed by atoms with E-state index in [0.29, 0.717) is 17.9 Å². The molecule has 0 fully saturated rings. The molecule has 1 atom stereocenters. The molecular weight excluding hydrogens is 250 g/mol. The summed E-state index contributed by atoms with van der Waals surface area (Å²) in [6, 6.07) is 10.5. The lowest BCUT2D eigenvalue weighted by atomic mass is 10.0. The minimum absolute atomic E-state index is 0.309. The first kappa shape index (κ1) is 14.3. The standard InChI is InChI=1S/C16H21N3O/c1-12-7-5-6-8-14(12)11-13(2)19(3)16-17-10-9-15(18-16)20-4/h5-10,13H,11H2,1-4H3/t13-/m0/s1. The summed E-state index contributed by atoms with van der Waals surface area (Å²) >= 11 is 0. The maximum atomic E-state index is 5.14. The minimum atomic E-state index is 0.309. The van der Waals surface area contributed by atoms with E-state index in [9.17, 15) is 0 Å². The number of methoxy groups -OCH3 is 1. The van der Waals surface area contributed by atoms with E-state index in [1.54, 1.807) is 19.4 Å². The lowest BCUT2D eigenvalue weighted by Gasteiger charge is -2.25. The molecule has 0 bridgehead atoms. The molecular formula is C16H21N3O. The van der Waals surface area contributed by atoms with Gasteiger partial charge >= 0.3 is 0 Å². The van der Waals surface area contributed by atoms with Crippen molar-refractivity contribution in [3.05, 3.63) is 47.7 Å². The number of hydrogen-bond donors (Lipinski definition) is 0. The number of benzene rings is 1. The first-order valence-electron chi connectivity index (χ1n) is 6.76. The first-order valence-corrected chi connectivity index (χ1v) is 6.76. The topological polar surface area (TPSA) is 38.2 Å². The van der Waals surface area contributed by atoms with Crippen molar-refractivity contribution in [2.24, 2.45) is 0 Å². The number of anilines is 1. The maximum Gasteiger partial charge on any atom is 0.228 e. The highest BCUT2D eigenvalue weighted by Crippen LogP contribution is 2.17.